The number of para-hydroxylation sites is 2. The molecule has 22 heavy (non-hydrogen) atoms. The maximum Gasteiger partial charge on any atom is 0.0443 e. The average molecular weight is 300 g/mol. The van der Waals surface area contributed by atoms with Crippen molar-refractivity contribution in [2.45, 2.75) is 19.8 Å². The van der Waals surface area contributed by atoms with Gasteiger partial charge in [0.2, 0.25) is 0 Å². The highest BCUT2D eigenvalue weighted by Gasteiger charge is 2.21. The molecule has 2 aromatic rings. The highest BCUT2D eigenvalue weighted by Crippen LogP contribution is 2.36. The number of nitrogens with zero attached hydrogens (tertiary/aromatic N) is 2. The van der Waals surface area contributed by atoms with Crippen LogP contribution in [0.4, 0.5) is 11.4 Å². The average Bonchev–Trinajstić information content (AvgIpc) is 2.76. The number of hydrogen-bond acceptors (Lipinski definition) is 2. The molecule has 1 atom stereocenters. The lowest BCUT2D eigenvalue weighted by Crippen LogP contribution is -2.30. The van der Waals surface area contributed by atoms with E-state index >= 15 is 0 Å². The van der Waals surface area contributed by atoms with E-state index in [4.69, 9.17) is 8.22 Å². The van der Waals surface area contributed by atoms with Gasteiger partial charge < -0.3 is 9.80 Å². The zero-order valence-electron chi connectivity index (χ0n) is 18.9. The third-order valence-electron chi connectivity index (χ3n) is 4.22. The van der Waals surface area contributed by atoms with Gasteiger partial charge in [-0.15, -0.1) is 0 Å². The van der Waals surface area contributed by atoms with E-state index in [9.17, 15) is 0 Å². The monoisotopic (exact) mass is 300 g/mol. The summed E-state index contributed by atoms with van der Waals surface area (Å²) in [6, 6.07) is 16.5. The Kier molecular flexibility index (Phi) is 2.78. The molecule has 1 heterocycles. The molecule has 2 nitrogen and oxygen atoms in total. The fraction of sp³-hybridized carbons (Fsp3) is 0.400. The number of anilines is 2. The summed E-state index contributed by atoms with van der Waals surface area (Å²) in [5.74, 6) is -0.167. The standard InChI is InChI=1S/C20H26N2/c1-16(14-21(2)3)15-22-19-10-6-4-8-17(19)12-13-18-9-5-7-11-20(18)22/h4-11,16H,12-15H2,1-3H3/i2D3,3D3. The van der Waals surface area contributed by atoms with Crippen LogP contribution in [0.2, 0.25) is 0 Å². The third kappa shape index (κ3) is 3.17. The van der Waals surface area contributed by atoms with Crippen LogP contribution in [0.5, 0.6) is 0 Å². The number of benzene rings is 2. The van der Waals surface area contributed by atoms with Gasteiger partial charge in [0.15, 0.2) is 0 Å². The van der Waals surface area contributed by atoms with Crippen LogP contribution in [0.15, 0.2) is 48.5 Å². The molecular weight excluding hydrogens is 268 g/mol. The molecule has 0 aliphatic carbocycles. The van der Waals surface area contributed by atoms with Crippen molar-refractivity contribution in [3.63, 3.8) is 0 Å². The lowest BCUT2D eigenvalue weighted by molar-refractivity contribution is 0.343. The zero-order chi connectivity index (χ0) is 20.5. The maximum atomic E-state index is 7.61. The molecule has 0 saturated heterocycles. The van der Waals surface area contributed by atoms with E-state index in [0.717, 1.165) is 24.2 Å². The maximum absolute atomic E-state index is 7.61. The fourth-order valence-corrected chi connectivity index (χ4v) is 3.25. The van der Waals surface area contributed by atoms with Gasteiger partial charge in [-0.1, -0.05) is 43.3 Å². The number of hydrogen-bond donors (Lipinski definition) is 0. The highest BCUT2D eigenvalue weighted by atomic mass is 15.2. The lowest BCUT2D eigenvalue weighted by Gasteiger charge is -2.30. The van der Waals surface area contributed by atoms with Crippen molar-refractivity contribution in [2.24, 2.45) is 5.92 Å². The van der Waals surface area contributed by atoms with Crippen LogP contribution in [-0.4, -0.2) is 31.9 Å². The van der Waals surface area contributed by atoms with E-state index in [1.54, 1.807) is 0 Å². The van der Waals surface area contributed by atoms with Crippen molar-refractivity contribution < 1.29 is 8.22 Å². The summed E-state index contributed by atoms with van der Waals surface area (Å²) < 4.78 is 45.7. The molecule has 0 radical (unpaired) electrons. The van der Waals surface area contributed by atoms with Gasteiger partial charge in [-0.05, 0) is 56.0 Å². The Balaban J connectivity index is 1.91. The smallest absolute Gasteiger partial charge is 0.0443 e. The molecule has 0 saturated carbocycles. The second-order valence-electron chi connectivity index (χ2n) is 6.08. The van der Waals surface area contributed by atoms with E-state index in [1.165, 1.54) is 11.1 Å². The Morgan fingerprint density at radius 2 is 1.55 bits per heavy atom. The lowest BCUT2D eigenvalue weighted by atomic mass is 10.0. The Morgan fingerprint density at radius 3 is 2.09 bits per heavy atom. The molecule has 2 aromatic carbocycles. The first-order valence-electron chi connectivity index (χ1n) is 10.8. The quantitative estimate of drug-likeness (QED) is 0.838. The molecule has 0 bridgehead atoms. The molecule has 1 aliphatic heterocycles. The summed E-state index contributed by atoms with van der Waals surface area (Å²) >= 11 is 0. The van der Waals surface area contributed by atoms with E-state index in [0.29, 0.717) is 11.4 Å². The van der Waals surface area contributed by atoms with Crippen LogP contribution in [0.1, 0.15) is 26.3 Å². The van der Waals surface area contributed by atoms with Crippen LogP contribution < -0.4 is 4.90 Å². The van der Waals surface area contributed by atoms with E-state index in [-0.39, 0.29) is 12.5 Å². The first-order valence-corrected chi connectivity index (χ1v) is 7.78. The Morgan fingerprint density at radius 1 is 1.00 bits per heavy atom. The molecule has 3 rings (SSSR count). The van der Waals surface area contributed by atoms with E-state index in [2.05, 4.69) is 29.2 Å². The van der Waals surface area contributed by atoms with Gasteiger partial charge in [-0.25, -0.2) is 0 Å². The van der Waals surface area contributed by atoms with E-state index < -0.39 is 14.0 Å². The number of fused-ring (bicyclic) bond motifs is 2. The van der Waals surface area contributed by atoms with E-state index in [1.807, 2.05) is 31.2 Å². The highest BCUT2D eigenvalue weighted by molar-refractivity contribution is 5.71. The largest absolute Gasteiger partial charge is 0.341 e. The summed E-state index contributed by atoms with van der Waals surface area (Å²) in [6.45, 7) is -2.91. The van der Waals surface area contributed by atoms with Gasteiger partial charge >= 0.3 is 0 Å². The molecule has 2 heteroatoms. The topological polar surface area (TPSA) is 6.48 Å². The minimum atomic E-state index is -2.66. The second-order valence-corrected chi connectivity index (χ2v) is 6.08. The van der Waals surface area contributed by atoms with Gasteiger partial charge in [-0.2, -0.15) is 0 Å². The molecule has 0 fully saturated rings. The van der Waals surface area contributed by atoms with Gasteiger partial charge in [0.1, 0.15) is 0 Å². The van der Waals surface area contributed by atoms with Crippen molar-refractivity contribution in [1.82, 2.24) is 4.90 Å². The predicted octanol–water partition coefficient (Wildman–Crippen LogP) is 4.12. The minimum absolute atomic E-state index is 0.0339. The molecule has 0 aromatic heterocycles. The summed E-state index contributed by atoms with van der Waals surface area (Å²) in [6.07, 6.45) is 1.88. The van der Waals surface area contributed by atoms with Gasteiger partial charge in [0, 0.05) is 32.7 Å². The number of rotatable bonds is 4. The number of aryl methyl sites for hydroxylation is 2. The molecular formula is C20H26N2. The summed E-state index contributed by atoms with van der Waals surface area (Å²) in [7, 11) is 0. The summed E-state index contributed by atoms with van der Waals surface area (Å²) in [5, 5.41) is 0. The van der Waals surface area contributed by atoms with Crippen molar-refractivity contribution in [2.75, 3.05) is 31.9 Å². The van der Waals surface area contributed by atoms with Gasteiger partial charge in [-0.3, -0.25) is 0 Å². The summed E-state index contributed by atoms with van der Waals surface area (Å²) in [5.41, 5.74) is 4.70. The first-order chi connectivity index (χ1) is 13.1. The molecule has 1 aliphatic rings. The predicted molar refractivity (Wildman–Crippen MR) is 95.0 cm³/mol. The minimum Gasteiger partial charge on any atom is -0.341 e. The molecule has 0 spiro atoms. The van der Waals surface area contributed by atoms with Crippen LogP contribution in [0, 0.1) is 5.92 Å². The van der Waals surface area contributed by atoms with Gasteiger partial charge in [0.05, 0.1) is 0 Å². The third-order valence-corrected chi connectivity index (χ3v) is 4.22. The zero-order valence-corrected chi connectivity index (χ0v) is 12.9. The molecule has 1 unspecified atom stereocenters. The van der Waals surface area contributed by atoms with Crippen molar-refractivity contribution >= 4 is 11.4 Å². The van der Waals surface area contributed by atoms with Crippen LogP contribution in [0.25, 0.3) is 0 Å². The van der Waals surface area contributed by atoms with Crippen molar-refractivity contribution in [3.05, 3.63) is 59.7 Å². The SMILES string of the molecule is [2H]C([2H])([2H])N(CC(C)CN1c2ccccc2CCc2ccccc21)C([2H])([2H])[2H]. The second kappa shape index (κ2) is 6.53. The molecule has 0 amide bonds. The Bertz CT molecular complexity index is 753. The first kappa shape index (κ1) is 9.36. The van der Waals surface area contributed by atoms with Crippen LogP contribution in [-0.2, 0) is 12.8 Å². The summed E-state index contributed by atoms with van der Waals surface area (Å²) in [4.78, 5) is 2.86. The normalized spacial score (nSPS) is 20.4. The Hall–Kier alpha value is -1.80. The van der Waals surface area contributed by atoms with Crippen molar-refractivity contribution in [1.29, 1.82) is 0 Å². The Labute approximate surface area is 142 Å². The van der Waals surface area contributed by atoms with Crippen LogP contribution in [0.3, 0.4) is 0 Å². The molecule has 116 valence electrons. The fourth-order valence-electron chi connectivity index (χ4n) is 3.25. The molecule has 0 N–H and O–H groups in total. The van der Waals surface area contributed by atoms with Gasteiger partial charge in [0.25, 0.3) is 0 Å². The van der Waals surface area contributed by atoms with Crippen molar-refractivity contribution in [3.8, 4) is 0 Å². The van der Waals surface area contributed by atoms with Crippen LogP contribution >= 0.6 is 0 Å².